The van der Waals surface area contributed by atoms with Crippen molar-refractivity contribution in [3.05, 3.63) is 70.8 Å². The van der Waals surface area contributed by atoms with E-state index >= 15 is 0 Å². The molecule has 1 aliphatic rings. The zero-order valence-corrected chi connectivity index (χ0v) is 14.5. The number of carbonyl (C=O) groups excluding carboxylic acids is 2. The van der Waals surface area contributed by atoms with Gasteiger partial charge in [0.2, 0.25) is 11.8 Å². The Labute approximate surface area is 148 Å². The maximum Gasteiger partial charge on any atom is 0.244 e. The van der Waals surface area contributed by atoms with Crippen molar-refractivity contribution < 1.29 is 9.59 Å². The summed E-state index contributed by atoms with van der Waals surface area (Å²) in [6, 6.07) is 13.8. The Balaban J connectivity index is 1.63. The van der Waals surface area contributed by atoms with Crippen LogP contribution in [0.4, 0.5) is 5.69 Å². The number of amides is 2. The molecule has 1 heterocycles. The highest BCUT2D eigenvalue weighted by Crippen LogP contribution is 2.26. The van der Waals surface area contributed by atoms with Crippen LogP contribution < -0.4 is 10.6 Å². The third-order valence-electron chi connectivity index (χ3n) is 4.39. The molecule has 2 aromatic carbocycles. The molecule has 2 amide bonds. The fourth-order valence-electron chi connectivity index (χ4n) is 2.87. The molecule has 0 bridgehead atoms. The minimum Gasteiger partial charge on any atom is -0.346 e. The molecule has 0 saturated carbocycles. The maximum atomic E-state index is 12.1. The van der Waals surface area contributed by atoms with Crippen LogP contribution in [0.3, 0.4) is 0 Å². The van der Waals surface area contributed by atoms with Gasteiger partial charge in [-0.3, -0.25) is 9.59 Å². The Morgan fingerprint density at radius 2 is 1.92 bits per heavy atom. The number of rotatable bonds is 4. The molecule has 0 aliphatic carbocycles. The van der Waals surface area contributed by atoms with Crippen LogP contribution in [-0.2, 0) is 16.0 Å². The number of nitrogens with one attached hydrogen (secondary N) is 2. The molecule has 2 N–H and O–H groups in total. The highest BCUT2D eigenvalue weighted by Gasteiger charge is 2.16. The molecule has 0 radical (unpaired) electrons. The fourth-order valence-corrected chi connectivity index (χ4v) is 2.87. The molecule has 2 aromatic rings. The average Bonchev–Trinajstić information content (AvgIpc) is 2.60. The summed E-state index contributed by atoms with van der Waals surface area (Å²) in [4.78, 5) is 23.6. The van der Waals surface area contributed by atoms with Crippen LogP contribution in [0.2, 0.25) is 0 Å². The summed E-state index contributed by atoms with van der Waals surface area (Å²) in [7, 11) is 0. The second-order valence-corrected chi connectivity index (χ2v) is 6.44. The molecule has 4 heteroatoms. The van der Waals surface area contributed by atoms with Gasteiger partial charge < -0.3 is 10.6 Å². The third kappa shape index (κ3) is 4.35. The zero-order chi connectivity index (χ0) is 17.8. The van der Waals surface area contributed by atoms with Gasteiger partial charge in [-0.05, 0) is 49.1 Å². The van der Waals surface area contributed by atoms with Gasteiger partial charge in [0, 0.05) is 18.2 Å². The van der Waals surface area contributed by atoms with Gasteiger partial charge >= 0.3 is 0 Å². The first kappa shape index (κ1) is 17.0. The predicted octanol–water partition coefficient (Wildman–Crippen LogP) is 3.77. The first-order chi connectivity index (χ1) is 12.0. The summed E-state index contributed by atoms with van der Waals surface area (Å²) >= 11 is 0. The number of fused-ring (bicyclic) bond motifs is 1. The SMILES string of the molecule is Cc1ccc(/C=C/C(=O)NC(C)c2ccc3c(c2)CCC(=O)N3)cc1. The van der Waals surface area contributed by atoms with Crippen LogP contribution in [-0.4, -0.2) is 11.8 Å². The van der Waals surface area contributed by atoms with E-state index in [0.717, 1.165) is 28.8 Å². The molecule has 0 saturated heterocycles. The van der Waals surface area contributed by atoms with E-state index in [4.69, 9.17) is 0 Å². The second-order valence-electron chi connectivity index (χ2n) is 6.44. The van der Waals surface area contributed by atoms with Gasteiger partial charge in [0.15, 0.2) is 0 Å². The minimum atomic E-state index is -0.126. The topological polar surface area (TPSA) is 58.2 Å². The van der Waals surface area contributed by atoms with E-state index in [1.54, 1.807) is 6.08 Å². The molecule has 128 valence electrons. The number of aryl methyl sites for hydroxylation is 2. The van der Waals surface area contributed by atoms with Crippen LogP contribution in [0.5, 0.6) is 0 Å². The number of carbonyl (C=O) groups is 2. The maximum absolute atomic E-state index is 12.1. The van der Waals surface area contributed by atoms with Crippen molar-refractivity contribution in [1.82, 2.24) is 5.32 Å². The average molecular weight is 334 g/mol. The van der Waals surface area contributed by atoms with E-state index in [1.807, 2.05) is 56.3 Å². The molecule has 0 aromatic heterocycles. The minimum absolute atomic E-state index is 0.0582. The lowest BCUT2D eigenvalue weighted by molar-refractivity contribution is -0.117. The van der Waals surface area contributed by atoms with Gasteiger partial charge in [0.1, 0.15) is 0 Å². The molecular weight excluding hydrogens is 312 g/mol. The van der Waals surface area contributed by atoms with Crippen molar-refractivity contribution in [1.29, 1.82) is 0 Å². The Morgan fingerprint density at radius 1 is 1.16 bits per heavy atom. The smallest absolute Gasteiger partial charge is 0.244 e. The quantitative estimate of drug-likeness (QED) is 0.836. The van der Waals surface area contributed by atoms with Crippen LogP contribution in [0.1, 0.15) is 41.6 Å². The van der Waals surface area contributed by atoms with Gasteiger partial charge in [0.25, 0.3) is 0 Å². The normalized spacial score (nSPS) is 14.7. The van der Waals surface area contributed by atoms with E-state index in [1.165, 1.54) is 5.56 Å². The monoisotopic (exact) mass is 334 g/mol. The Hall–Kier alpha value is -2.88. The van der Waals surface area contributed by atoms with Crippen molar-refractivity contribution in [3.8, 4) is 0 Å². The molecule has 1 aliphatic heterocycles. The van der Waals surface area contributed by atoms with Crippen LogP contribution in [0.25, 0.3) is 6.08 Å². The Bertz CT molecular complexity index is 822. The lowest BCUT2D eigenvalue weighted by Gasteiger charge is -2.20. The first-order valence-electron chi connectivity index (χ1n) is 8.49. The summed E-state index contributed by atoms with van der Waals surface area (Å²) in [5, 5.41) is 5.85. The largest absolute Gasteiger partial charge is 0.346 e. The van der Waals surface area contributed by atoms with E-state index in [0.29, 0.717) is 6.42 Å². The van der Waals surface area contributed by atoms with Gasteiger partial charge in [-0.25, -0.2) is 0 Å². The Morgan fingerprint density at radius 3 is 2.68 bits per heavy atom. The van der Waals surface area contributed by atoms with Gasteiger partial charge in [-0.2, -0.15) is 0 Å². The third-order valence-corrected chi connectivity index (χ3v) is 4.39. The van der Waals surface area contributed by atoms with Crippen LogP contribution in [0.15, 0.2) is 48.5 Å². The van der Waals surface area contributed by atoms with Crippen molar-refractivity contribution >= 4 is 23.6 Å². The molecule has 0 spiro atoms. The van der Waals surface area contributed by atoms with Crippen molar-refractivity contribution in [2.75, 3.05) is 5.32 Å². The Kier molecular flexibility index (Phi) is 4.98. The zero-order valence-electron chi connectivity index (χ0n) is 14.5. The van der Waals surface area contributed by atoms with Crippen molar-refractivity contribution in [2.24, 2.45) is 0 Å². The molecule has 4 nitrogen and oxygen atoms in total. The number of hydrogen-bond donors (Lipinski definition) is 2. The lowest BCUT2D eigenvalue weighted by atomic mass is 9.98. The van der Waals surface area contributed by atoms with Crippen LogP contribution in [0, 0.1) is 6.92 Å². The van der Waals surface area contributed by atoms with E-state index in [-0.39, 0.29) is 17.9 Å². The summed E-state index contributed by atoms with van der Waals surface area (Å²) in [5.74, 6) is -0.0676. The highest BCUT2D eigenvalue weighted by atomic mass is 16.2. The highest BCUT2D eigenvalue weighted by molar-refractivity contribution is 5.94. The van der Waals surface area contributed by atoms with E-state index in [2.05, 4.69) is 16.7 Å². The van der Waals surface area contributed by atoms with Crippen molar-refractivity contribution in [3.63, 3.8) is 0 Å². The molecule has 0 fully saturated rings. The van der Waals surface area contributed by atoms with Gasteiger partial charge in [0.05, 0.1) is 6.04 Å². The van der Waals surface area contributed by atoms with Gasteiger partial charge in [-0.15, -0.1) is 0 Å². The van der Waals surface area contributed by atoms with E-state index < -0.39 is 0 Å². The molecule has 25 heavy (non-hydrogen) atoms. The fraction of sp³-hybridized carbons (Fsp3) is 0.238. The molecule has 1 unspecified atom stereocenters. The summed E-state index contributed by atoms with van der Waals surface area (Å²) in [6.45, 7) is 3.99. The summed E-state index contributed by atoms with van der Waals surface area (Å²) in [5.41, 5.74) is 5.22. The van der Waals surface area contributed by atoms with Crippen molar-refractivity contribution in [2.45, 2.75) is 32.7 Å². The predicted molar refractivity (Wildman–Crippen MR) is 100 cm³/mol. The number of anilines is 1. The summed E-state index contributed by atoms with van der Waals surface area (Å²) in [6.07, 6.45) is 4.61. The molecular formula is C21H22N2O2. The number of hydrogen-bond acceptors (Lipinski definition) is 2. The molecule has 1 atom stereocenters. The second kappa shape index (κ2) is 7.34. The number of benzene rings is 2. The lowest BCUT2D eigenvalue weighted by Crippen LogP contribution is -2.25. The van der Waals surface area contributed by atoms with Crippen LogP contribution >= 0.6 is 0 Å². The summed E-state index contributed by atoms with van der Waals surface area (Å²) < 4.78 is 0. The van der Waals surface area contributed by atoms with E-state index in [9.17, 15) is 9.59 Å². The molecule has 3 rings (SSSR count). The first-order valence-corrected chi connectivity index (χ1v) is 8.49. The standard InChI is InChI=1S/C21H22N2O2/c1-14-3-5-16(6-4-14)7-11-20(24)22-15(2)17-8-10-19-18(13-17)9-12-21(25)23-19/h3-8,10-11,13,15H,9,12H2,1-2H3,(H,22,24)(H,23,25)/b11-7+. The van der Waals surface area contributed by atoms with Gasteiger partial charge in [-0.1, -0.05) is 42.0 Å².